The number of thiocarbonyl (C=S) groups is 1. The third kappa shape index (κ3) is 2.10. The van der Waals surface area contributed by atoms with E-state index in [1.807, 2.05) is 30.3 Å². The Morgan fingerprint density at radius 2 is 2.26 bits per heavy atom. The summed E-state index contributed by atoms with van der Waals surface area (Å²) in [6.07, 6.45) is 3.49. The van der Waals surface area contributed by atoms with Crippen LogP contribution in [0.25, 0.3) is 0 Å². The largest absolute Gasteiger partial charge is 0.467 e. The highest BCUT2D eigenvalue weighted by Gasteiger charge is 2.40. The van der Waals surface area contributed by atoms with Gasteiger partial charge in [0, 0.05) is 12.7 Å². The average Bonchev–Trinajstić information content (AvgIpc) is 3.06. The maximum atomic E-state index is 5.58. The van der Waals surface area contributed by atoms with E-state index in [1.165, 1.54) is 0 Å². The molecule has 3 heterocycles. The van der Waals surface area contributed by atoms with Crippen LogP contribution in [0.15, 0.2) is 47.2 Å². The first-order valence-electron chi connectivity index (χ1n) is 6.32. The lowest BCUT2D eigenvalue weighted by Crippen LogP contribution is -2.29. The first-order chi connectivity index (χ1) is 9.31. The average molecular weight is 273 g/mol. The lowest BCUT2D eigenvalue weighted by molar-refractivity contribution is 0.282. The van der Waals surface area contributed by atoms with Crippen molar-refractivity contribution < 1.29 is 4.42 Å². The van der Waals surface area contributed by atoms with Crippen molar-refractivity contribution in [3.8, 4) is 0 Å². The first kappa shape index (κ1) is 12.2. The molecule has 5 heteroatoms. The Labute approximate surface area is 117 Å². The van der Waals surface area contributed by atoms with Crippen LogP contribution < -0.4 is 5.32 Å². The summed E-state index contributed by atoms with van der Waals surface area (Å²) in [7, 11) is 0. The molecule has 3 rings (SSSR count). The molecule has 1 N–H and O–H groups in total. The Bertz CT molecular complexity index is 555. The van der Waals surface area contributed by atoms with Crippen molar-refractivity contribution in [3.63, 3.8) is 0 Å². The third-order valence-corrected chi connectivity index (χ3v) is 3.73. The van der Waals surface area contributed by atoms with Gasteiger partial charge in [-0.2, -0.15) is 0 Å². The number of furan rings is 1. The fourth-order valence-electron chi connectivity index (χ4n) is 2.51. The molecule has 0 bridgehead atoms. The van der Waals surface area contributed by atoms with E-state index in [-0.39, 0.29) is 12.1 Å². The highest BCUT2D eigenvalue weighted by Crippen LogP contribution is 2.38. The molecule has 0 spiro atoms. The molecule has 98 valence electrons. The summed E-state index contributed by atoms with van der Waals surface area (Å²) >= 11 is 5.41. The second-order valence-corrected chi connectivity index (χ2v) is 4.81. The monoisotopic (exact) mass is 273 g/mol. The van der Waals surface area contributed by atoms with Crippen molar-refractivity contribution in [3.05, 3.63) is 54.2 Å². The van der Waals surface area contributed by atoms with Crippen molar-refractivity contribution in [1.82, 2.24) is 15.2 Å². The van der Waals surface area contributed by atoms with E-state index < -0.39 is 0 Å². The van der Waals surface area contributed by atoms with Gasteiger partial charge in [0.05, 0.1) is 18.0 Å². The number of aromatic nitrogens is 1. The smallest absolute Gasteiger partial charge is 0.170 e. The zero-order chi connectivity index (χ0) is 13.2. The maximum absolute atomic E-state index is 5.58. The van der Waals surface area contributed by atoms with Crippen molar-refractivity contribution in [2.24, 2.45) is 0 Å². The van der Waals surface area contributed by atoms with Crippen LogP contribution in [0.4, 0.5) is 0 Å². The van der Waals surface area contributed by atoms with Crippen LogP contribution in [0.3, 0.4) is 0 Å². The van der Waals surface area contributed by atoms with E-state index in [2.05, 4.69) is 22.1 Å². The van der Waals surface area contributed by atoms with Crippen molar-refractivity contribution in [1.29, 1.82) is 0 Å². The molecular weight excluding hydrogens is 258 g/mol. The van der Waals surface area contributed by atoms with Crippen LogP contribution >= 0.6 is 12.2 Å². The fraction of sp³-hybridized carbons (Fsp3) is 0.286. The van der Waals surface area contributed by atoms with Gasteiger partial charge in [-0.3, -0.25) is 4.98 Å². The molecule has 0 aromatic carbocycles. The van der Waals surface area contributed by atoms with Crippen LogP contribution in [0.5, 0.6) is 0 Å². The van der Waals surface area contributed by atoms with Gasteiger partial charge >= 0.3 is 0 Å². The number of likely N-dealkylation sites (N-methyl/N-ethyl adjacent to an activating group) is 1. The van der Waals surface area contributed by atoms with Gasteiger partial charge in [-0.05, 0) is 43.4 Å². The summed E-state index contributed by atoms with van der Waals surface area (Å²) in [5.41, 5.74) is 0.974. The minimum atomic E-state index is 0.0276. The molecule has 19 heavy (non-hydrogen) atoms. The number of hydrogen-bond acceptors (Lipinski definition) is 3. The number of hydrogen-bond donors (Lipinski definition) is 1. The van der Waals surface area contributed by atoms with Crippen molar-refractivity contribution in [2.75, 3.05) is 6.54 Å². The summed E-state index contributed by atoms with van der Waals surface area (Å²) in [5.74, 6) is 0.907. The molecule has 0 amide bonds. The second-order valence-electron chi connectivity index (χ2n) is 4.43. The highest BCUT2D eigenvalue weighted by atomic mass is 32.1. The number of rotatable bonds is 3. The van der Waals surface area contributed by atoms with Crippen LogP contribution in [0.2, 0.25) is 0 Å². The number of nitrogens with one attached hydrogen (secondary N) is 1. The Kier molecular flexibility index (Phi) is 3.21. The van der Waals surface area contributed by atoms with Crippen molar-refractivity contribution >= 4 is 17.3 Å². The second kappa shape index (κ2) is 5.01. The number of pyridine rings is 1. The Hall–Kier alpha value is -1.88. The summed E-state index contributed by atoms with van der Waals surface area (Å²) in [4.78, 5) is 6.57. The zero-order valence-electron chi connectivity index (χ0n) is 10.6. The lowest BCUT2D eigenvalue weighted by atomic mass is 10.0. The lowest BCUT2D eigenvalue weighted by Gasteiger charge is -2.24. The van der Waals surface area contributed by atoms with Gasteiger partial charge < -0.3 is 14.6 Å². The Balaban J connectivity index is 2.01. The minimum absolute atomic E-state index is 0.0276. The summed E-state index contributed by atoms with van der Waals surface area (Å²) in [6.45, 7) is 2.92. The van der Waals surface area contributed by atoms with E-state index in [9.17, 15) is 0 Å². The van der Waals surface area contributed by atoms with E-state index in [1.54, 1.807) is 12.5 Å². The Morgan fingerprint density at radius 3 is 2.89 bits per heavy atom. The molecule has 1 fully saturated rings. The van der Waals surface area contributed by atoms with Crippen molar-refractivity contribution in [2.45, 2.75) is 19.0 Å². The number of nitrogens with zero attached hydrogens (tertiary/aromatic N) is 2. The quantitative estimate of drug-likeness (QED) is 0.871. The Morgan fingerprint density at radius 1 is 1.37 bits per heavy atom. The SMILES string of the molecule is CCN1C(=S)N[C@H](c2ccccn2)[C@@H]1c1ccco1. The van der Waals surface area contributed by atoms with Crippen LogP contribution in [-0.4, -0.2) is 21.5 Å². The van der Waals surface area contributed by atoms with Gasteiger partial charge in [-0.25, -0.2) is 0 Å². The fourth-order valence-corrected chi connectivity index (χ4v) is 2.88. The first-order valence-corrected chi connectivity index (χ1v) is 6.73. The van der Waals surface area contributed by atoms with Crippen LogP contribution in [-0.2, 0) is 0 Å². The molecule has 0 saturated carbocycles. The topological polar surface area (TPSA) is 41.3 Å². The van der Waals surface area contributed by atoms with Gasteiger partial charge in [-0.15, -0.1) is 0 Å². The van der Waals surface area contributed by atoms with Gasteiger partial charge in [0.2, 0.25) is 0 Å². The molecule has 4 nitrogen and oxygen atoms in total. The maximum Gasteiger partial charge on any atom is 0.170 e. The molecular formula is C14H15N3OS. The molecule has 1 saturated heterocycles. The standard InChI is InChI=1S/C14H15N3OS/c1-2-17-13(11-7-5-9-18-11)12(16-14(17)19)10-6-3-4-8-15-10/h3-9,12-13H,2H2,1H3,(H,16,19)/t12-,13+/m1/s1. The third-order valence-electron chi connectivity index (χ3n) is 3.37. The van der Waals surface area contributed by atoms with E-state index in [0.29, 0.717) is 0 Å². The molecule has 1 aliphatic rings. The molecule has 0 aliphatic carbocycles. The normalized spacial score (nSPS) is 22.6. The van der Waals surface area contributed by atoms with E-state index in [4.69, 9.17) is 16.6 Å². The van der Waals surface area contributed by atoms with Gasteiger partial charge in [0.1, 0.15) is 11.8 Å². The van der Waals surface area contributed by atoms with Gasteiger partial charge in [0.15, 0.2) is 5.11 Å². The molecule has 2 aromatic heterocycles. The highest BCUT2D eigenvalue weighted by molar-refractivity contribution is 7.80. The minimum Gasteiger partial charge on any atom is -0.467 e. The van der Waals surface area contributed by atoms with Gasteiger partial charge in [-0.1, -0.05) is 6.07 Å². The predicted octanol–water partition coefficient (Wildman–Crippen LogP) is 2.67. The van der Waals surface area contributed by atoms with E-state index >= 15 is 0 Å². The molecule has 2 atom stereocenters. The predicted molar refractivity (Wildman–Crippen MR) is 76.5 cm³/mol. The zero-order valence-corrected chi connectivity index (χ0v) is 11.4. The van der Waals surface area contributed by atoms with Crippen LogP contribution in [0, 0.1) is 0 Å². The summed E-state index contributed by atoms with van der Waals surface area (Å²) in [5, 5.41) is 4.09. The summed E-state index contributed by atoms with van der Waals surface area (Å²) < 4.78 is 5.58. The molecule has 0 radical (unpaired) electrons. The summed E-state index contributed by atoms with van der Waals surface area (Å²) in [6, 6.07) is 9.88. The van der Waals surface area contributed by atoms with Gasteiger partial charge in [0.25, 0.3) is 0 Å². The molecule has 2 aromatic rings. The van der Waals surface area contributed by atoms with Crippen LogP contribution in [0.1, 0.15) is 30.5 Å². The van der Waals surface area contributed by atoms with E-state index in [0.717, 1.165) is 23.1 Å². The molecule has 0 unspecified atom stereocenters. The molecule has 1 aliphatic heterocycles.